The van der Waals surface area contributed by atoms with Crippen LogP contribution in [-0.2, 0) is 0 Å². The first kappa shape index (κ1) is 9.51. The number of aromatic nitrogens is 2. The van der Waals surface area contributed by atoms with E-state index in [-0.39, 0.29) is 0 Å². The van der Waals surface area contributed by atoms with Crippen molar-refractivity contribution in [3.8, 4) is 0 Å². The summed E-state index contributed by atoms with van der Waals surface area (Å²) < 4.78 is 1.80. The van der Waals surface area contributed by atoms with Gasteiger partial charge in [-0.05, 0) is 6.07 Å². The minimum Gasteiger partial charge on any atom is -0.387 e. The molecule has 0 bridgehead atoms. The number of hydrogen-bond donors (Lipinski definition) is 2. The summed E-state index contributed by atoms with van der Waals surface area (Å²) in [4.78, 5) is 15.0. The molecule has 0 aliphatic rings. The molecular formula is C10H12N4O. The summed E-state index contributed by atoms with van der Waals surface area (Å²) in [5.41, 5.74) is 5.15. The van der Waals surface area contributed by atoms with Crippen molar-refractivity contribution < 1.29 is 4.79 Å². The molecule has 0 spiro atoms. The van der Waals surface area contributed by atoms with Crippen molar-refractivity contribution in [3.05, 3.63) is 24.0 Å². The van der Waals surface area contributed by atoms with Gasteiger partial charge in [-0.25, -0.2) is 9.66 Å². The van der Waals surface area contributed by atoms with Gasteiger partial charge in [-0.3, -0.25) is 4.79 Å². The first-order valence-electron chi connectivity index (χ1n) is 4.62. The fraction of sp³-hybridized carbons (Fsp3) is 0.200. The molecule has 2 aromatic heterocycles. The smallest absolute Gasteiger partial charge is 0.160 e. The van der Waals surface area contributed by atoms with Crippen molar-refractivity contribution in [3.63, 3.8) is 0 Å². The Morgan fingerprint density at radius 3 is 2.87 bits per heavy atom. The van der Waals surface area contributed by atoms with E-state index in [1.807, 2.05) is 19.3 Å². The highest BCUT2D eigenvalue weighted by molar-refractivity contribution is 5.99. The molecule has 0 aliphatic heterocycles. The number of nitrogens with one attached hydrogen (secondary N) is 2. The Morgan fingerprint density at radius 2 is 2.27 bits per heavy atom. The number of carbonyl (C=O) groups excluding carboxylic acids is 1. The van der Waals surface area contributed by atoms with Crippen LogP contribution < -0.4 is 10.7 Å². The van der Waals surface area contributed by atoms with Gasteiger partial charge in [0.25, 0.3) is 0 Å². The van der Waals surface area contributed by atoms with E-state index in [2.05, 4.69) is 15.7 Å². The van der Waals surface area contributed by atoms with Gasteiger partial charge in [0.1, 0.15) is 0 Å². The van der Waals surface area contributed by atoms with Crippen molar-refractivity contribution in [1.82, 2.24) is 9.66 Å². The van der Waals surface area contributed by atoms with Crippen LogP contribution in [0.5, 0.6) is 0 Å². The lowest BCUT2D eigenvalue weighted by Gasteiger charge is -2.07. The highest BCUT2D eigenvalue weighted by atomic mass is 16.1. The third-order valence-corrected chi connectivity index (χ3v) is 2.36. The highest BCUT2D eigenvalue weighted by Gasteiger charge is 2.09. The van der Waals surface area contributed by atoms with Gasteiger partial charge in [-0.1, -0.05) is 0 Å². The molecule has 0 fully saturated rings. The zero-order valence-electron chi connectivity index (χ0n) is 8.61. The van der Waals surface area contributed by atoms with E-state index in [9.17, 15) is 4.79 Å². The van der Waals surface area contributed by atoms with Crippen molar-refractivity contribution in [2.24, 2.45) is 0 Å². The molecule has 0 saturated carbocycles. The molecular weight excluding hydrogens is 192 g/mol. The summed E-state index contributed by atoms with van der Waals surface area (Å²) in [6.45, 7) is 0. The molecule has 2 N–H and O–H groups in total. The summed E-state index contributed by atoms with van der Waals surface area (Å²) in [7, 11) is 3.60. The van der Waals surface area contributed by atoms with Gasteiger partial charge in [0, 0.05) is 31.9 Å². The van der Waals surface area contributed by atoms with E-state index >= 15 is 0 Å². The molecule has 5 heteroatoms. The number of aldehydes is 1. The quantitative estimate of drug-likeness (QED) is 0.734. The van der Waals surface area contributed by atoms with Crippen LogP contribution in [0.15, 0.2) is 18.5 Å². The van der Waals surface area contributed by atoms with Crippen LogP contribution in [0, 0.1) is 0 Å². The normalized spacial score (nSPS) is 10.3. The van der Waals surface area contributed by atoms with Crippen LogP contribution >= 0.6 is 0 Å². The second kappa shape index (κ2) is 3.61. The van der Waals surface area contributed by atoms with E-state index in [1.165, 1.54) is 0 Å². The largest absolute Gasteiger partial charge is 0.387 e. The zero-order chi connectivity index (χ0) is 10.8. The van der Waals surface area contributed by atoms with Crippen LogP contribution in [0.1, 0.15) is 10.4 Å². The third-order valence-electron chi connectivity index (χ3n) is 2.36. The minimum absolute atomic E-state index is 0.568. The van der Waals surface area contributed by atoms with Gasteiger partial charge < -0.3 is 10.7 Å². The fourth-order valence-electron chi connectivity index (χ4n) is 1.65. The molecule has 78 valence electrons. The Kier molecular flexibility index (Phi) is 2.29. The maximum atomic E-state index is 10.8. The summed E-state index contributed by atoms with van der Waals surface area (Å²) in [6, 6.07) is 1.91. The van der Waals surface area contributed by atoms with E-state index in [4.69, 9.17) is 0 Å². The maximum Gasteiger partial charge on any atom is 0.160 e. The molecule has 15 heavy (non-hydrogen) atoms. The van der Waals surface area contributed by atoms with E-state index < -0.39 is 0 Å². The molecule has 0 aromatic carbocycles. The lowest BCUT2D eigenvalue weighted by atomic mass is 10.2. The van der Waals surface area contributed by atoms with Gasteiger partial charge in [-0.2, -0.15) is 0 Å². The Bertz CT molecular complexity index is 503. The van der Waals surface area contributed by atoms with Gasteiger partial charge in [0.15, 0.2) is 11.9 Å². The average molecular weight is 204 g/mol. The third kappa shape index (κ3) is 1.32. The Morgan fingerprint density at radius 1 is 1.47 bits per heavy atom. The van der Waals surface area contributed by atoms with Crippen molar-refractivity contribution in [2.45, 2.75) is 0 Å². The van der Waals surface area contributed by atoms with Crippen LogP contribution in [0.25, 0.3) is 11.0 Å². The molecule has 0 atom stereocenters. The average Bonchev–Trinajstić information content (AvgIpc) is 2.70. The SMILES string of the molecule is CNc1c(C=O)cnc2c1ccn2NC. The summed E-state index contributed by atoms with van der Waals surface area (Å²) >= 11 is 0. The number of nitrogens with zero attached hydrogens (tertiary/aromatic N) is 2. The standard InChI is InChI=1S/C10H12N4O/c1-11-9-7(6-15)5-13-10-8(9)3-4-14(10)12-2/h3-6,12H,1-2H3,(H,11,13). The molecule has 0 radical (unpaired) electrons. The van der Waals surface area contributed by atoms with Crippen LogP contribution in [0.4, 0.5) is 5.69 Å². The molecule has 2 heterocycles. The highest BCUT2D eigenvalue weighted by Crippen LogP contribution is 2.24. The number of hydrogen-bond acceptors (Lipinski definition) is 4. The molecule has 2 aromatic rings. The van der Waals surface area contributed by atoms with Gasteiger partial charge in [-0.15, -0.1) is 0 Å². The summed E-state index contributed by atoms with van der Waals surface area (Å²) in [5, 5.41) is 3.94. The molecule has 0 amide bonds. The van der Waals surface area contributed by atoms with Gasteiger partial charge >= 0.3 is 0 Å². The predicted octanol–water partition coefficient (Wildman–Crippen LogP) is 1.06. The number of pyridine rings is 1. The van der Waals surface area contributed by atoms with Gasteiger partial charge in [0.2, 0.25) is 0 Å². The monoisotopic (exact) mass is 204 g/mol. The first-order valence-corrected chi connectivity index (χ1v) is 4.62. The molecule has 2 rings (SSSR count). The second-order valence-corrected chi connectivity index (χ2v) is 3.10. The number of fused-ring (bicyclic) bond motifs is 1. The lowest BCUT2D eigenvalue weighted by molar-refractivity contribution is 0.112. The number of anilines is 1. The molecule has 0 unspecified atom stereocenters. The summed E-state index contributed by atoms with van der Waals surface area (Å²) in [6.07, 6.45) is 4.23. The minimum atomic E-state index is 0.568. The van der Waals surface area contributed by atoms with Crippen LogP contribution in [-0.4, -0.2) is 30.0 Å². The van der Waals surface area contributed by atoms with Gasteiger partial charge in [0.05, 0.1) is 11.3 Å². The molecule has 0 aliphatic carbocycles. The lowest BCUT2D eigenvalue weighted by Crippen LogP contribution is -2.08. The van der Waals surface area contributed by atoms with Crippen molar-refractivity contribution in [1.29, 1.82) is 0 Å². The molecule has 5 nitrogen and oxygen atoms in total. The van der Waals surface area contributed by atoms with Crippen LogP contribution in [0.2, 0.25) is 0 Å². The van der Waals surface area contributed by atoms with E-state index in [0.717, 1.165) is 23.0 Å². The predicted molar refractivity (Wildman–Crippen MR) is 60.0 cm³/mol. The zero-order valence-corrected chi connectivity index (χ0v) is 8.61. The Hall–Kier alpha value is -2.04. The maximum absolute atomic E-state index is 10.8. The summed E-state index contributed by atoms with van der Waals surface area (Å²) in [5.74, 6) is 0. The van der Waals surface area contributed by atoms with E-state index in [0.29, 0.717) is 5.56 Å². The Balaban J connectivity index is 2.77. The second-order valence-electron chi connectivity index (χ2n) is 3.10. The topological polar surface area (TPSA) is 59.0 Å². The van der Waals surface area contributed by atoms with Crippen LogP contribution in [0.3, 0.4) is 0 Å². The van der Waals surface area contributed by atoms with Crippen molar-refractivity contribution >= 4 is 23.0 Å². The number of carbonyl (C=O) groups is 1. The first-order chi connectivity index (χ1) is 7.31. The van der Waals surface area contributed by atoms with Crippen molar-refractivity contribution in [2.75, 3.05) is 24.8 Å². The Labute approximate surface area is 87.1 Å². The van der Waals surface area contributed by atoms with E-state index in [1.54, 1.807) is 17.9 Å². The number of rotatable bonds is 3. The molecule has 0 saturated heterocycles. The fourth-order valence-corrected chi connectivity index (χ4v) is 1.65.